The zero-order chi connectivity index (χ0) is 10.7. The lowest BCUT2D eigenvalue weighted by Crippen LogP contribution is -2.32. The maximum atomic E-state index is 3.50. The molecular formula is C14H21N. The van der Waals surface area contributed by atoms with Gasteiger partial charge in [0.25, 0.3) is 0 Å². The van der Waals surface area contributed by atoms with E-state index in [9.17, 15) is 0 Å². The number of hydrogen-bond acceptors (Lipinski definition) is 1. The van der Waals surface area contributed by atoms with Crippen molar-refractivity contribution in [3.05, 3.63) is 35.9 Å². The van der Waals surface area contributed by atoms with Gasteiger partial charge in [-0.15, -0.1) is 0 Å². The Balaban J connectivity index is 2.24. The van der Waals surface area contributed by atoms with Gasteiger partial charge in [0, 0.05) is 6.04 Å². The Hall–Kier alpha value is -0.820. The van der Waals surface area contributed by atoms with Crippen LogP contribution in [-0.4, -0.2) is 7.05 Å². The van der Waals surface area contributed by atoms with Crippen LogP contribution >= 0.6 is 0 Å². The standard InChI is InChI=1S/C14H21N/c1-14(10-6-7-11-14)13(15-2)12-8-4-3-5-9-12/h3-5,8-9,13,15H,6-7,10-11H2,1-2H3. The molecule has 15 heavy (non-hydrogen) atoms. The molecule has 0 bridgehead atoms. The van der Waals surface area contributed by atoms with Crippen molar-refractivity contribution in [1.29, 1.82) is 0 Å². The Labute approximate surface area is 92.9 Å². The van der Waals surface area contributed by atoms with Crippen LogP contribution in [0.5, 0.6) is 0 Å². The first kappa shape index (κ1) is 10.7. The van der Waals surface area contributed by atoms with E-state index in [4.69, 9.17) is 0 Å². The van der Waals surface area contributed by atoms with Gasteiger partial charge in [0.1, 0.15) is 0 Å². The van der Waals surface area contributed by atoms with Crippen LogP contribution in [0.4, 0.5) is 0 Å². The molecule has 0 aliphatic heterocycles. The summed E-state index contributed by atoms with van der Waals surface area (Å²) in [5.74, 6) is 0. The normalized spacial score (nSPS) is 21.5. The van der Waals surface area contributed by atoms with E-state index in [-0.39, 0.29) is 0 Å². The van der Waals surface area contributed by atoms with Crippen molar-refractivity contribution in [2.75, 3.05) is 7.05 Å². The second kappa shape index (κ2) is 4.36. The minimum absolute atomic E-state index is 0.454. The molecule has 1 heteroatoms. The summed E-state index contributed by atoms with van der Waals surface area (Å²) in [6, 6.07) is 11.4. The molecule has 1 fully saturated rings. The Kier molecular flexibility index (Phi) is 3.11. The van der Waals surface area contributed by atoms with E-state index in [0.717, 1.165) is 0 Å². The maximum Gasteiger partial charge on any atom is 0.0372 e. The second-order valence-corrected chi connectivity index (χ2v) is 4.99. The Morgan fingerprint density at radius 2 is 1.73 bits per heavy atom. The lowest BCUT2D eigenvalue weighted by atomic mass is 9.77. The van der Waals surface area contributed by atoms with Crippen molar-refractivity contribution in [1.82, 2.24) is 5.32 Å². The highest BCUT2D eigenvalue weighted by atomic mass is 14.9. The van der Waals surface area contributed by atoms with Crippen molar-refractivity contribution in [3.8, 4) is 0 Å². The van der Waals surface area contributed by atoms with Crippen molar-refractivity contribution in [2.45, 2.75) is 38.6 Å². The van der Waals surface area contributed by atoms with E-state index < -0.39 is 0 Å². The summed E-state index contributed by atoms with van der Waals surface area (Å²) in [4.78, 5) is 0. The average molecular weight is 203 g/mol. The van der Waals surface area contributed by atoms with E-state index in [1.807, 2.05) is 0 Å². The van der Waals surface area contributed by atoms with E-state index in [1.54, 1.807) is 0 Å². The van der Waals surface area contributed by atoms with Crippen LogP contribution in [0.25, 0.3) is 0 Å². The van der Waals surface area contributed by atoms with Crippen LogP contribution in [-0.2, 0) is 0 Å². The number of nitrogens with one attached hydrogen (secondary N) is 1. The third-order valence-corrected chi connectivity index (χ3v) is 3.86. The van der Waals surface area contributed by atoms with Gasteiger partial charge in [0.2, 0.25) is 0 Å². The van der Waals surface area contributed by atoms with Gasteiger partial charge in [-0.25, -0.2) is 0 Å². The summed E-state index contributed by atoms with van der Waals surface area (Å²) in [5.41, 5.74) is 1.89. The van der Waals surface area contributed by atoms with E-state index >= 15 is 0 Å². The van der Waals surface area contributed by atoms with Gasteiger partial charge >= 0.3 is 0 Å². The quantitative estimate of drug-likeness (QED) is 0.792. The molecule has 1 aliphatic rings. The van der Waals surface area contributed by atoms with Crippen LogP contribution in [0.3, 0.4) is 0 Å². The molecule has 1 aromatic rings. The van der Waals surface area contributed by atoms with Crippen LogP contribution in [0.1, 0.15) is 44.2 Å². The molecule has 1 atom stereocenters. The molecule has 0 radical (unpaired) electrons. The molecule has 1 unspecified atom stereocenters. The smallest absolute Gasteiger partial charge is 0.0372 e. The van der Waals surface area contributed by atoms with Crippen LogP contribution in [0, 0.1) is 5.41 Å². The molecule has 0 spiro atoms. The SMILES string of the molecule is CNC(c1ccccc1)C1(C)CCCC1. The molecule has 0 heterocycles. The van der Waals surface area contributed by atoms with Gasteiger partial charge in [0.05, 0.1) is 0 Å². The van der Waals surface area contributed by atoms with Gasteiger partial charge in [-0.2, -0.15) is 0 Å². The Bertz CT molecular complexity index is 298. The lowest BCUT2D eigenvalue weighted by molar-refractivity contribution is 0.234. The number of benzene rings is 1. The number of hydrogen-bond donors (Lipinski definition) is 1. The van der Waals surface area contributed by atoms with Crippen molar-refractivity contribution in [2.24, 2.45) is 5.41 Å². The fourth-order valence-electron chi connectivity index (χ4n) is 3.03. The summed E-state index contributed by atoms with van der Waals surface area (Å²) < 4.78 is 0. The predicted molar refractivity (Wildman–Crippen MR) is 64.8 cm³/mol. The third-order valence-electron chi connectivity index (χ3n) is 3.86. The highest BCUT2D eigenvalue weighted by Crippen LogP contribution is 2.46. The molecule has 0 amide bonds. The van der Waals surface area contributed by atoms with Gasteiger partial charge in [-0.3, -0.25) is 0 Å². The summed E-state index contributed by atoms with van der Waals surface area (Å²) in [5, 5.41) is 3.50. The summed E-state index contributed by atoms with van der Waals surface area (Å²) >= 11 is 0. The van der Waals surface area contributed by atoms with Crippen LogP contribution in [0.15, 0.2) is 30.3 Å². The largest absolute Gasteiger partial charge is 0.313 e. The minimum atomic E-state index is 0.454. The summed E-state index contributed by atoms with van der Waals surface area (Å²) in [7, 11) is 2.08. The maximum absolute atomic E-state index is 3.50. The van der Waals surface area contributed by atoms with Gasteiger partial charge in [-0.1, -0.05) is 50.1 Å². The van der Waals surface area contributed by atoms with Crippen LogP contribution < -0.4 is 5.32 Å². The first-order valence-corrected chi connectivity index (χ1v) is 5.98. The van der Waals surface area contributed by atoms with Gasteiger partial charge < -0.3 is 5.32 Å². The molecule has 0 aromatic heterocycles. The first-order valence-electron chi connectivity index (χ1n) is 5.98. The average Bonchev–Trinajstić information content (AvgIpc) is 2.68. The summed E-state index contributed by atoms with van der Waals surface area (Å²) in [6.45, 7) is 2.42. The van der Waals surface area contributed by atoms with Crippen molar-refractivity contribution < 1.29 is 0 Å². The highest BCUT2D eigenvalue weighted by molar-refractivity contribution is 5.21. The second-order valence-electron chi connectivity index (χ2n) is 4.99. The van der Waals surface area contributed by atoms with E-state index in [2.05, 4.69) is 49.6 Å². The monoisotopic (exact) mass is 203 g/mol. The molecule has 82 valence electrons. The summed E-state index contributed by atoms with van der Waals surface area (Å²) in [6.07, 6.45) is 5.49. The highest BCUT2D eigenvalue weighted by Gasteiger charge is 2.36. The predicted octanol–water partition coefficient (Wildman–Crippen LogP) is 3.53. The Morgan fingerprint density at radius 1 is 1.13 bits per heavy atom. The first-order chi connectivity index (χ1) is 7.26. The topological polar surface area (TPSA) is 12.0 Å². The van der Waals surface area contributed by atoms with Crippen molar-refractivity contribution >= 4 is 0 Å². The molecule has 1 saturated carbocycles. The number of rotatable bonds is 3. The third kappa shape index (κ3) is 2.07. The van der Waals surface area contributed by atoms with Gasteiger partial charge in [0.15, 0.2) is 0 Å². The minimum Gasteiger partial charge on any atom is -0.313 e. The van der Waals surface area contributed by atoms with E-state index in [0.29, 0.717) is 11.5 Å². The van der Waals surface area contributed by atoms with Crippen molar-refractivity contribution in [3.63, 3.8) is 0 Å². The molecule has 1 N–H and O–H groups in total. The Morgan fingerprint density at radius 3 is 2.27 bits per heavy atom. The molecule has 1 nitrogen and oxygen atoms in total. The molecule has 0 saturated heterocycles. The fraction of sp³-hybridized carbons (Fsp3) is 0.571. The zero-order valence-corrected chi connectivity index (χ0v) is 9.79. The zero-order valence-electron chi connectivity index (χ0n) is 9.79. The van der Waals surface area contributed by atoms with Crippen LogP contribution in [0.2, 0.25) is 0 Å². The molecule has 1 aliphatic carbocycles. The lowest BCUT2D eigenvalue weighted by Gasteiger charge is -2.34. The van der Waals surface area contributed by atoms with E-state index in [1.165, 1.54) is 31.2 Å². The molecular weight excluding hydrogens is 182 g/mol. The molecule has 2 rings (SSSR count). The fourth-order valence-corrected chi connectivity index (χ4v) is 3.03. The van der Waals surface area contributed by atoms with Gasteiger partial charge in [-0.05, 0) is 30.9 Å². The molecule has 1 aromatic carbocycles.